The van der Waals surface area contributed by atoms with E-state index in [1.54, 1.807) is 4.90 Å². The highest BCUT2D eigenvalue weighted by Gasteiger charge is 2.34. The number of nitrogens with zero attached hydrogens (tertiary/aromatic N) is 5. The molecule has 0 aliphatic carbocycles. The van der Waals surface area contributed by atoms with Gasteiger partial charge in [-0.3, -0.25) is 4.79 Å². The van der Waals surface area contributed by atoms with Gasteiger partial charge in [0.25, 0.3) is 0 Å². The molecular weight excluding hydrogens is 410 g/mol. The molecule has 11 heteroatoms. The summed E-state index contributed by atoms with van der Waals surface area (Å²) in [6, 6.07) is -1.24. The van der Waals surface area contributed by atoms with Crippen LogP contribution in [0.1, 0.15) is 62.1 Å². The van der Waals surface area contributed by atoms with E-state index in [1.165, 1.54) is 12.5 Å². The lowest BCUT2D eigenvalue weighted by Gasteiger charge is -2.37. The maximum absolute atomic E-state index is 13.3. The molecule has 1 aromatic rings. The van der Waals surface area contributed by atoms with Crippen molar-refractivity contribution in [2.45, 2.75) is 58.7 Å². The van der Waals surface area contributed by atoms with E-state index in [-0.39, 0.29) is 54.1 Å². The minimum atomic E-state index is -1.16. The SMILES string of the molecule is CCC(C)C(N=[N+]=[N-])C(=O)N(CCOC)C(CC(O)c1nc(C(=O)O)cs1)C(C)C. The van der Waals surface area contributed by atoms with Crippen LogP contribution in [0.15, 0.2) is 10.5 Å². The molecule has 0 aromatic carbocycles. The van der Waals surface area contributed by atoms with E-state index in [4.69, 9.17) is 15.4 Å². The van der Waals surface area contributed by atoms with Crippen LogP contribution in [-0.2, 0) is 9.53 Å². The van der Waals surface area contributed by atoms with Gasteiger partial charge in [0.15, 0.2) is 5.69 Å². The molecule has 0 bridgehead atoms. The molecule has 0 radical (unpaired) electrons. The maximum atomic E-state index is 13.3. The van der Waals surface area contributed by atoms with Gasteiger partial charge in [-0.2, -0.15) is 0 Å². The largest absolute Gasteiger partial charge is 0.476 e. The average molecular weight is 442 g/mol. The Balaban J connectivity index is 3.19. The number of carboxylic acid groups (broad SMARTS) is 1. The average Bonchev–Trinajstić information content (AvgIpc) is 3.21. The first-order chi connectivity index (χ1) is 14.2. The van der Waals surface area contributed by atoms with Gasteiger partial charge >= 0.3 is 5.97 Å². The van der Waals surface area contributed by atoms with Gasteiger partial charge in [0, 0.05) is 36.4 Å². The summed E-state index contributed by atoms with van der Waals surface area (Å²) >= 11 is 1.06. The standard InChI is InChI=1S/C19H31N5O5S/c1-6-12(4)16(22-23-20)18(26)24(7-8-29-5)14(11(2)3)9-15(25)17-21-13(10-30-17)19(27)28/h10-12,14-16,25H,6-9H2,1-5H3,(H,27,28). The van der Waals surface area contributed by atoms with Gasteiger partial charge in [0.1, 0.15) is 17.2 Å². The molecule has 1 aromatic heterocycles. The third-order valence-electron chi connectivity index (χ3n) is 5.09. The Kier molecular flexibility index (Phi) is 10.8. The number of rotatable bonds is 13. The number of carbonyl (C=O) groups excluding carboxylic acids is 1. The Morgan fingerprint density at radius 1 is 1.40 bits per heavy atom. The van der Waals surface area contributed by atoms with Gasteiger partial charge in [0.05, 0.1) is 6.61 Å². The summed E-state index contributed by atoms with van der Waals surface area (Å²) in [6.07, 6.45) is -0.196. The van der Waals surface area contributed by atoms with E-state index < -0.39 is 18.1 Å². The molecule has 0 aliphatic heterocycles. The smallest absolute Gasteiger partial charge is 0.355 e. The van der Waals surface area contributed by atoms with Gasteiger partial charge in [0.2, 0.25) is 5.91 Å². The van der Waals surface area contributed by atoms with Crippen molar-refractivity contribution in [2.75, 3.05) is 20.3 Å². The van der Waals surface area contributed by atoms with Crippen LogP contribution in [0.25, 0.3) is 10.4 Å². The number of aromatic nitrogens is 1. The van der Waals surface area contributed by atoms with Crippen LogP contribution in [0, 0.1) is 11.8 Å². The number of thiazole rings is 1. The fourth-order valence-corrected chi connectivity index (χ4v) is 3.90. The molecule has 168 valence electrons. The predicted octanol–water partition coefficient (Wildman–Crippen LogP) is 3.49. The Bertz CT molecular complexity index is 749. The summed E-state index contributed by atoms with van der Waals surface area (Å²) in [7, 11) is 1.53. The first-order valence-electron chi connectivity index (χ1n) is 9.88. The zero-order valence-electron chi connectivity index (χ0n) is 18.1. The molecule has 1 rings (SSSR count). The third kappa shape index (κ3) is 6.94. The second kappa shape index (κ2) is 12.5. The highest BCUT2D eigenvalue weighted by atomic mass is 32.1. The molecule has 2 N–H and O–H groups in total. The minimum Gasteiger partial charge on any atom is -0.476 e. The topological polar surface area (TPSA) is 149 Å². The summed E-state index contributed by atoms with van der Waals surface area (Å²) in [5.74, 6) is -1.64. The second-order valence-corrected chi connectivity index (χ2v) is 8.39. The van der Waals surface area contributed by atoms with Crippen LogP contribution >= 0.6 is 11.3 Å². The number of amides is 1. The van der Waals surface area contributed by atoms with Crippen LogP contribution in [0.5, 0.6) is 0 Å². The van der Waals surface area contributed by atoms with Crippen molar-refractivity contribution in [3.8, 4) is 0 Å². The summed E-state index contributed by atoms with van der Waals surface area (Å²) < 4.78 is 5.16. The first kappa shape index (κ1) is 25.8. The fraction of sp³-hybridized carbons (Fsp3) is 0.737. The van der Waals surface area contributed by atoms with Gasteiger partial charge in [-0.05, 0) is 17.4 Å². The molecule has 4 atom stereocenters. The number of carboxylic acids is 1. The number of azide groups is 1. The molecule has 30 heavy (non-hydrogen) atoms. The molecule has 10 nitrogen and oxygen atoms in total. The van der Waals surface area contributed by atoms with E-state index in [1.807, 2.05) is 27.7 Å². The first-order valence-corrected chi connectivity index (χ1v) is 10.8. The van der Waals surface area contributed by atoms with Crippen LogP contribution in [-0.4, -0.2) is 64.3 Å². The van der Waals surface area contributed by atoms with Gasteiger partial charge in [-0.1, -0.05) is 39.2 Å². The summed E-state index contributed by atoms with van der Waals surface area (Å²) in [5.41, 5.74) is 8.82. The van der Waals surface area contributed by atoms with E-state index in [0.29, 0.717) is 6.42 Å². The number of aliphatic hydroxyl groups excluding tert-OH is 1. The molecule has 0 fully saturated rings. The molecule has 1 amide bonds. The fourth-order valence-electron chi connectivity index (χ4n) is 3.11. The maximum Gasteiger partial charge on any atom is 0.355 e. The Hall–Kier alpha value is -2.20. The van der Waals surface area contributed by atoms with Gasteiger partial charge in [-0.25, -0.2) is 9.78 Å². The normalized spacial score (nSPS) is 15.2. The van der Waals surface area contributed by atoms with Crippen molar-refractivity contribution < 1.29 is 24.5 Å². The molecule has 0 saturated heterocycles. The van der Waals surface area contributed by atoms with E-state index >= 15 is 0 Å². The number of ether oxygens (including phenoxy) is 1. The lowest BCUT2D eigenvalue weighted by atomic mass is 9.93. The highest BCUT2D eigenvalue weighted by molar-refractivity contribution is 7.09. The zero-order valence-corrected chi connectivity index (χ0v) is 18.9. The van der Waals surface area contributed by atoms with E-state index in [9.17, 15) is 14.7 Å². The Morgan fingerprint density at radius 2 is 2.07 bits per heavy atom. The van der Waals surface area contributed by atoms with E-state index in [2.05, 4.69) is 15.0 Å². The highest BCUT2D eigenvalue weighted by Crippen LogP contribution is 2.28. The van der Waals surface area contributed by atoms with E-state index in [0.717, 1.165) is 11.3 Å². The number of hydrogen-bond donors (Lipinski definition) is 2. The van der Waals surface area contributed by atoms with Crippen LogP contribution in [0.3, 0.4) is 0 Å². The van der Waals surface area contributed by atoms with Gasteiger partial charge in [-0.15, -0.1) is 11.3 Å². The second-order valence-electron chi connectivity index (χ2n) is 7.50. The monoisotopic (exact) mass is 441 g/mol. The number of aromatic carboxylic acids is 1. The summed E-state index contributed by atoms with van der Waals surface area (Å²) in [4.78, 5) is 32.8. The number of methoxy groups -OCH3 is 1. The minimum absolute atomic E-state index is 0.0250. The molecule has 1 heterocycles. The number of carbonyl (C=O) groups is 2. The van der Waals surface area contributed by atoms with Crippen molar-refractivity contribution >= 4 is 23.2 Å². The van der Waals surface area contributed by atoms with Crippen molar-refractivity contribution in [3.05, 3.63) is 26.5 Å². The number of hydrogen-bond acceptors (Lipinski definition) is 7. The zero-order chi connectivity index (χ0) is 22.8. The Labute approximate surface area is 180 Å². The van der Waals surface area contributed by atoms with Crippen LogP contribution in [0.2, 0.25) is 0 Å². The van der Waals surface area contributed by atoms with Crippen molar-refractivity contribution in [2.24, 2.45) is 17.0 Å². The summed E-state index contributed by atoms with van der Waals surface area (Å²) in [6.45, 7) is 8.20. The Morgan fingerprint density at radius 3 is 2.53 bits per heavy atom. The lowest BCUT2D eigenvalue weighted by Crippen LogP contribution is -2.50. The van der Waals surface area contributed by atoms with Crippen LogP contribution in [0.4, 0.5) is 0 Å². The summed E-state index contributed by atoms with van der Waals surface area (Å²) in [5, 5.41) is 25.1. The number of aliphatic hydroxyl groups is 1. The third-order valence-corrected chi connectivity index (χ3v) is 6.04. The lowest BCUT2D eigenvalue weighted by molar-refractivity contribution is -0.138. The molecule has 0 spiro atoms. The molecule has 4 unspecified atom stereocenters. The van der Waals surface area contributed by atoms with Crippen molar-refractivity contribution in [1.82, 2.24) is 9.88 Å². The molecule has 0 saturated carbocycles. The molecular formula is C19H31N5O5S. The quantitative estimate of drug-likeness (QED) is 0.272. The van der Waals surface area contributed by atoms with Crippen LogP contribution < -0.4 is 0 Å². The van der Waals surface area contributed by atoms with Crippen molar-refractivity contribution in [3.63, 3.8) is 0 Å². The molecule has 0 aliphatic rings. The predicted molar refractivity (Wildman–Crippen MR) is 113 cm³/mol. The van der Waals surface area contributed by atoms with Gasteiger partial charge < -0.3 is 19.8 Å². The van der Waals surface area contributed by atoms with Crippen molar-refractivity contribution in [1.29, 1.82) is 0 Å².